The number of alkyl halides is 3. The van der Waals surface area contributed by atoms with E-state index in [9.17, 15) is 18.0 Å². The zero-order valence-electron chi connectivity index (χ0n) is 18.7. The summed E-state index contributed by atoms with van der Waals surface area (Å²) in [4.78, 5) is 21.7. The number of benzene rings is 2. The van der Waals surface area contributed by atoms with E-state index in [1.807, 2.05) is 24.3 Å². The van der Waals surface area contributed by atoms with Crippen LogP contribution in [0.3, 0.4) is 0 Å². The van der Waals surface area contributed by atoms with Gasteiger partial charge in [0.05, 0.1) is 28.7 Å². The van der Waals surface area contributed by atoms with Gasteiger partial charge in [0.1, 0.15) is 0 Å². The Morgan fingerprint density at radius 2 is 1.89 bits per heavy atom. The molecule has 1 fully saturated rings. The molecular formula is C24H21BrF3N5OS. The number of likely N-dealkylation sites (N-methyl/N-ethyl adjacent to an activating group) is 1. The topological polar surface area (TPSA) is 53.7 Å². The van der Waals surface area contributed by atoms with Gasteiger partial charge >= 0.3 is 6.18 Å². The first-order valence-electron chi connectivity index (χ1n) is 10.9. The molecule has 35 heavy (non-hydrogen) atoms. The van der Waals surface area contributed by atoms with Crippen molar-refractivity contribution in [2.75, 3.05) is 33.2 Å². The lowest BCUT2D eigenvalue weighted by Gasteiger charge is -2.32. The van der Waals surface area contributed by atoms with Gasteiger partial charge in [-0.25, -0.2) is 0 Å². The number of thioether (sulfide) groups is 1. The zero-order chi connectivity index (χ0) is 24.7. The van der Waals surface area contributed by atoms with Crippen LogP contribution in [0.5, 0.6) is 0 Å². The number of halogens is 4. The molecule has 3 heterocycles. The van der Waals surface area contributed by atoms with Crippen molar-refractivity contribution in [3.63, 3.8) is 0 Å². The van der Waals surface area contributed by atoms with E-state index >= 15 is 0 Å². The maximum absolute atomic E-state index is 12.9. The molecule has 3 aromatic rings. The van der Waals surface area contributed by atoms with Crippen LogP contribution in [0.2, 0.25) is 0 Å². The highest BCUT2D eigenvalue weighted by molar-refractivity contribution is 9.10. The SMILES string of the molecule is CN1CCN(C2=NC(=O)C(=Cc3ccc4c(cnn4Cc4ccc(C(F)(F)F)cc4Br)c3)S2)CC1. The Balaban J connectivity index is 1.32. The van der Waals surface area contributed by atoms with Gasteiger partial charge in [0, 0.05) is 36.0 Å². The number of rotatable bonds is 3. The van der Waals surface area contributed by atoms with E-state index in [0.717, 1.165) is 59.9 Å². The summed E-state index contributed by atoms with van der Waals surface area (Å²) < 4.78 is 41.0. The third kappa shape index (κ3) is 5.17. The van der Waals surface area contributed by atoms with Gasteiger partial charge in [0.2, 0.25) is 0 Å². The molecule has 2 aliphatic rings. The number of hydrogen-bond donors (Lipinski definition) is 0. The van der Waals surface area contributed by atoms with Crippen LogP contribution in [0.4, 0.5) is 13.2 Å². The lowest BCUT2D eigenvalue weighted by Crippen LogP contribution is -2.46. The van der Waals surface area contributed by atoms with E-state index in [2.05, 4.69) is 42.9 Å². The first-order valence-corrected chi connectivity index (χ1v) is 12.6. The van der Waals surface area contributed by atoms with Gasteiger partial charge in [-0.1, -0.05) is 28.1 Å². The molecule has 0 spiro atoms. The Morgan fingerprint density at radius 3 is 2.60 bits per heavy atom. The lowest BCUT2D eigenvalue weighted by molar-refractivity contribution is -0.137. The van der Waals surface area contributed by atoms with Crippen molar-refractivity contribution in [1.29, 1.82) is 0 Å². The van der Waals surface area contributed by atoms with E-state index in [-0.39, 0.29) is 5.91 Å². The van der Waals surface area contributed by atoms with Crippen molar-refractivity contribution < 1.29 is 18.0 Å². The molecule has 1 amide bonds. The maximum atomic E-state index is 12.9. The molecule has 0 radical (unpaired) electrons. The first kappa shape index (κ1) is 24.1. The van der Waals surface area contributed by atoms with E-state index in [1.54, 1.807) is 10.9 Å². The Kier molecular flexibility index (Phi) is 6.49. The minimum Gasteiger partial charge on any atom is -0.348 e. The van der Waals surface area contributed by atoms with Crippen LogP contribution in [0.25, 0.3) is 17.0 Å². The first-order chi connectivity index (χ1) is 16.7. The predicted octanol–water partition coefficient (Wildman–Crippen LogP) is 5.08. The summed E-state index contributed by atoms with van der Waals surface area (Å²) in [6.45, 7) is 3.90. The third-order valence-electron chi connectivity index (χ3n) is 6.05. The van der Waals surface area contributed by atoms with Gasteiger partial charge in [-0.15, -0.1) is 0 Å². The summed E-state index contributed by atoms with van der Waals surface area (Å²) in [5, 5.41) is 6.05. The summed E-state index contributed by atoms with van der Waals surface area (Å²) in [5.41, 5.74) is 1.70. The Labute approximate surface area is 212 Å². The average Bonchev–Trinajstić information content (AvgIpc) is 3.38. The minimum atomic E-state index is -4.39. The van der Waals surface area contributed by atoms with Gasteiger partial charge in [0.15, 0.2) is 5.17 Å². The van der Waals surface area contributed by atoms with Crippen LogP contribution in [0.1, 0.15) is 16.7 Å². The molecule has 6 nitrogen and oxygen atoms in total. The summed E-state index contributed by atoms with van der Waals surface area (Å²) in [6, 6.07) is 9.36. The molecule has 182 valence electrons. The highest BCUT2D eigenvalue weighted by Gasteiger charge is 2.31. The molecule has 0 aliphatic carbocycles. The van der Waals surface area contributed by atoms with Crippen LogP contribution >= 0.6 is 27.7 Å². The fourth-order valence-electron chi connectivity index (χ4n) is 4.02. The number of carbonyl (C=O) groups excluding carboxylic acids is 1. The molecule has 0 saturated carbocycles. The Bertz CT molecular complexity index is 1360. The van der Waals surface area contributed by atoms with Crippen LogP contribution in [-0.4, -0.2) is 63.9 Å². The van der Waals surface area contributed by atoms with Crippen LogP contribution in [0.15, 0.2) is 57.0 Å². The van der Waals surface area contributed by atoms with Crippen LogP contribution < -0.4 is 0 Å². The maximum Gasteiger partial charge on any atom is 0.416 e. The number of piperazine rings is 1. The number of amidine groups is 1. The van der Waals surface area contributed by atoms with E-state index in [0.29, 0.717) is 21.5 Å². The van der Waals surface area contributed by atoms with Crippen molar-refractivity contribution in [3.8, 4) is 0 Å². The van der Waals surface area contributed by atoms with Crippen molar-refractivity contribution in [1.82, 2.24) is 19.6 Å². The Hall–Kier alpha value is -2.63. The molecule has 2 aromatic carbocycles. The number of hydrogen-bond acceptors (Lipinski definition) is 5. The average molecular weight is 564 g/mol. The van der Waals surface area contributed by atoms with Crippen molar-refractivity contribution in [2.45, 2.75) is 12.7 Å². The van der Waals surface area contributed by atoms with E-state index in [1.165, 1.54) is 17.8 Å². The van der Waals surface area contributed by atoms with Crippen molar-refractivity contribution in [2.24, 2.45) is 4.99 Å². The summed E-state index contributed by atoms with van der Waals surface area (Å²) in [7, 11) is 2.08. The molecule has 0 atom stereocenters. The highest BCUT2D eigenvalue weighted by Crippen LogP contribution is 2.33. The smallest absolute Gasteiger partial charge is 0.348 e. The molecule has 5 rings (SSSR count). The van der Waals surface area contributed by atoms with Gasteiger partial charge in [-0.3, -0.25) is 9.48 Å². The second-order valence-electron chi connectivity index (χ2n) is 8.52. The summed E-state index contributed by atoms with van der Waals surface area (Å²) >= 11 is 4.65. The summed E-state index contributed by atoms with van der Waals surface area (Å²) in [6.07, 6.45) is -0.840. The monoisotopic (exact) mass is 563 g/mol. The Morgan fingerprint density at radius 1 is 1.11 bits per heavy atom. The lowest BCUT2D eigenvalue weighted by atomic mass is 10.1. The molecule has 0 N–H and O–H groups in total. The molecule has 11 heteroatoms. The third-order valence-corrected chi connectivity index (χ3v) is 7.83. The largest absolute Gasteiger partial charge is 0.416 e. The van der Waals surface area contributed by atoms with E-state index < -0.39 is 11.7 Å². The second kappa shape index (κ2) is 9.44. The normalized spacial score (nSPS) is 18.7. The molecule has 0 bridgehead atoms. The van der Waals surface area contributed by atoms with Gasteiger partial charge in [-0.05, 0) is 60.3 Å². The molecule has 0 unspecified atom stereocenters. The summed E-state index contributed by atoms with van der Waals surface area (Å²) in [5.74, 6) is -0.230. The predicted molar refractivity (Wildman–Crippen MR) is 135 cm³/mol. The van der Waals surface area contributed by atoms with Crippen molar-refractivity contribution in [3.05, 3.63) is 68.7 Å². The van der Waals surface area contributed by atoms with Gasteiger partial charge in [0.25, 0.3) is 5.91 Å². The van der Waals surface area contributed by atoms with Crippen LogP contribution in [-0.2, 0) is 17.5 Å². The van der Waals surface area contributed by atoms with Crippen LogP contribution in [0, 0.1) is 0 Å². The number of fused-ring (bicyclic) bond motifs is 1. The number of amides is 1. The quantitative estimate of drug-likeness (QED) is 0.416. The second-order valence-corrected chi connectivity index (χ2v) is 10.4. The number of carbonyl (C=O) groups is 1. The zero-order valence-corrected chi connectivity index (χ0v) is 21.1. The van der Waals surface area contributed by atoms with Gasteiger partial charge in [-0.2, -0.15) is 23.3 Å². The molecular weight excluding hydrogens is 543 g/mol. The highest BCUT2D eigenvalue weighted by atomic mass is 79.9. The fourth-order valence-corrected chi connectivity index (χ4v) is 5.49. The van der Waals surface area contributed by atoms with Crippen molar-refractivity contribution >= 4 is 55.7 Å². The molecule has 1 saturated heterocycles. The van der Waals surface area contributed by atoms with Gasteiger partial charge < -0.3 is 9.80 Å². The van der Waals surface area contributed by atoms with E-state index in [4.69, 9.17) is 0 Å². The fraction of sp³-hybridized carbons (Fsp3) is 0.292. The molecule has 2 aliphatic heterocycles. The number of aliphatic imine (C=N–C) groups is 1. The minimum absolute atomic E-state index is 0.230. The number of nitrogens with zero attached hydrogens (tertiary/aromatic N) is 5. The standard InChI is InChI=1S/C24H21BrF3N5OS/c1-31-6-8-32(9-7-31)23-30-22(34)21(35-23)11-15-2-5-20-17(10-15)13-29-33(20)14-16-3-4-18(12-19(16)25)24(26,27)28/h2-5,10-13H,6-9,14H2,1H3. The molecule has 1 aromatic heterocycles. The number of aromatic nitrogens is 2.